The van der Waals surface area contributed by atoms with Crippen LogP contribution < -0.4 is 0 Å². The fourth-order valence-electron chi connectivity index (χ4n) is 4.51. The molecule has 21 heavy (non-hydrogen) atoms. The van der Waals surface area contributed by atoms with Gasteiger partial charge in [0.05, 0.1) is 5.60 Å². The largest absolute Gasteiger partial charge is 0.385 e. The average molecular weight is 327 g/mol. The molecular weight excluding hydrogens is 303 g/mol. The van der Waals surface area contributed by atoms with Gasteiger partial charge >= 0.3 is 0 Å². The van der Waals surface area contributed by atoms with Gasteiger partial charge in [0, 0.05) is 15.6 Å². The van der Waals surface area contributed by atoms with Crippen molar-refractivity contribution in [2.45, 2.75) is 63.4 Å². The molecule has 1 aromatic carbocycles. The second-order valence-corrected chi connectivity index (χ2v) is 7.64. The maximum absolute atomic E-state index is 11.5. The number of hydrogen-bond donors (Lipinski definition) is 1. The van der Waals surface area contributed by atoms with Crippen LogP contribution in [0.3, 0.4) is 0 Å². The number of aliphatic hydroxyl groups is 1. The minimum atomic E-state index is -0.789. The Balaban J connectivity index is 1.96. The summed E-state index contributed by atoms with van der Waals surface area (Å²) in [5.41, 5.74) is 0.0642. The first-order valence-corrected chi connectivity index (χ1v) is 9.05. The summed E-state index contributed by atoms with van der Waals surface area (Å²) in [6.45, 7) is 0. The van der Waals surface area contributed by atoms with E-state index in [2.05, 4.69) is 0 Å². The summed E-state index contributed by atoms with van der Waals surface area (Å²) < 4.78 is 0. The highest BCUT2D eigenvalue weighted by atomic mass is 35.5. The van der Waals surface area contributed by atoms with Crippen molar-refractivity contribution in [3.05, 3.63) is 33.8 Å². The fraction of sp³-hybridized carbons (Fsp3) is 0.667. The number of rotatable bonds is 2. The molecular formula is C18H24Cl2O. The SMILES string of the molecule is OC1(c2cc(Cl)ccc2Cl)CCCCC1C1CCCCC1. The van der Waals surface area contributed by atoms with E-state index in [1.165, 1.54) is 38.5 Å². The van der Waals surface area contributed by atoms with Crippen molar-refractivity contribution >= 4 is 23.2 Å². The molecule has 0 bridgehead atoms. The van der Waals surface area contributed by atoms with E-state index in [1.807, 2.05) is 12.1 Å². The molecule has 2 saturated carbocycles. The van der Waals surface area contributed by atoms with Gasteiger partial charge in [0.15, 0.2) is 0 Å². The van der Waals surface area contributed by atoms with Crippen LogP contribution in [-0.4, -0.2) is 5.11 Å². The van der Waals surface area contributed by atoms with Crippen LogP contribution in [0.2, 0.25) is 10.0 Å². The van der Waals surface area contributed by atoms with Gasteiger partial charge in [0.1, 0.15) is 0 Å². The lowest BCUT2D eigenvalue weighted by atomic mass is 9.63. The van der Waals surface area contributed by atoms with Gasteiger partial charge in [0.2, 0.25) is 0 Å². The van der Waals surface area contributed by atoms with E-state index in [0.717, 1.165) is 24.8 Å². The van der Waals surface area contributed by atoms with Gasteiger partial charge in [-0.2, -0.15) is 0 Å². The highest BCUT2D eigenvalue weighted by Gasteiger charge is 2.45. The predicted octanol–water partition coefficient (Wildman–Crippen LogP) is 5.95. The zero-order valence-electron chi connectivity index (χ0n) is 12.5. The molecule has 2 aliphatic carbocycles. The first-order valence-electron chi connectivity index (χ1n) is 8.29. The van der Waals surface area contributed by atoms with Crippen molar-refractivity contribution in [3.63, 3.8) is 0 Å². The van der Waals surface area contributed by atoms with Crippen molar-refractivity contribution in [1.29, 1.82) is 0 Å². The van der Waals surface area contributed by atoms with Crippen LogP contribution in [0, 0.1) is 11.8 Å². The first kappa shape index (κ1) is 15.6. The van der Waals surface area contributed by atoms with Crippen molar-refractivity contribution < 1.29 is 5.11 Å². The molecule has 116 valence electrons. The minimum Gasteiger partial charge on any atom is -0.385 e. The van der Waals surface area contributed by atoms with Crippen LogP contribution in [0.5, 0.6) is 0 Å². The molecule has 2 atom stereocenters. The Kier molecular flexibility index (Phi) is 4.83. The molecule has 0 aliphatic heterocycles. The van der Waals surface area contributed by atoms with Crippen molar-refractivity contribution in [2.75, 3.05) is 0 Å². The maximum Gasteiger partial charge on any atom is 0.0942 e. The predicted molar refractivity (Wildman–Crippen MR) is 88.9 cm³/mol. The van der Waals surface area contributed by atoms with Crippen LogP contribution in [0.25, 0.3) is 0 Å². The average Bonchev–Trinajstić information content (AvgIpc) is 2.51. The van der Waals surface area contributed by atoms with Gasteiger partial charge in [-0.25, -0.2) is 0 Å². The molecule has 3 rings (SSSR count). The van der Waals surface area contributed by atoms with Gasteiger partial charge in [0.25, 0.3) is 0 Å². The highest BCUT2D eigenvalue weighted by Crippen LogP contribution is 2.50. The molecule has 0 saturated heterocycles. The van der Waals surface area contributed by atoms with Gasteiger partial charge < -0.3 is 5.11 Å². The van der Waals surface area contributed by atoms with Crippen molar-refractivity contribution in [1.82, 2.24) is 0 Å². The number of halogens is 2. The summed E-state index contributed by atoms with van der Waals surface area (Å²) in [5.74, 6) is 0.974. The summed E-state index contributed by atoms with van der Waals surface area (Å²) >= 11 is 12.6. The standard InChI is InChI=1S/C18H24Cl2O/c19-14-9-10-17(20)16(12-14)18(21)11-5-4-8-15(18)13-6-2-1-3-7-13/h9-10,12-13,15,21H,1-8,11H2. The smallest absolute Gasteiger partial charge is 0.0942 e. The third-order valence-electron chi connectivity index (χ3n) is 5.55. The molecule has 0 heterocycles. The fourth-order valence-corrected chi connectivity index (χ4v) is 4.96. The zero-order valence-corrected chi connectivity index (χ0v) is 14.0. The van der Waals surface area contributed by atoms with E-state index in [-0.39, 0.29) is 0 Å². The summed E-state index contributed by atoms with van der Waals surface area (Å²) in [5, 5.41) is 12.8. The van der Waals surface area contributed by atoms with Crippen LogP contribution in [0.15, 0.2) is 18.2 Å². The lowest BCUT2D eigenvalue weighted by Gasteiger charge is -2.46. The summed E-state index contributed by atoms with van der Waals surface area (Å²) in [6, 6.07) is 5.50. The normalized spacial score (nSPS) is 31.3. The quantitative estimate of drug-likeness (QED) is 0.711. The summed E-state index contributed by atoms with van der Waals surface area (Å²) in [4.78, 5) is 0. The molecule has 1 aromatic rings. The van der Waals surface area contributed by atoms with Crippen LogP contribution in [0.1, 0.15) is 63.4 Å². The Morgan fingerprint density at radius 3 is 2.43 bits per heavy atom. The van der Waals surface area contributed by atoms with Crippen LogP contribution in [-0.2, 0) is 5.60 Å². The first-order chi connectivity index (χ1) is 10.1. The number of benzene rings is 1. The van der Waals surface area contributed by atoms with Crippen LogP contribution >= 0.6 is 23.2 Å². The number of hydrogen-bond acceptors (Lipinski definition) is 1. The minimum absolute atomic E-state index is 0.336. The molecule has 0 spiro atoms. The van der Waals surface area contributed by atoms with E-state index in [4.69, 9.17) is 23.2 Å². The van der Waals surface area contributed by atoms with Gasteiger partial charge in [-0.1, -0.05) is 68.1 Å². The van der Waals surface area contributed by atoms with Gasteiger partial charge in [-0.3, -0.25) is 0 Å². The highest BCUT2D eigenvalue weighted by molar-refractivity contribution is 6.33. The lowest BCUT2D eigenvalue weighted by molar-refractivity contribution is -0.0834. The molecule has 2 aliphatic rings. The third kappa shape index (κ3) is 3.11. The topological polar surface area (TPSA) is 20.2 Å². The Morgan fingerprint density at radius 1 is 0.952 bits per heavy atom. The van der Waals surface area contributed by atoms with Crippen molar-refractivity contribution in [3.8, 4) is 0 Å². The molecule has 0 amide bonds. The maximum atomic E-state index is 11.5. The third-order valence-corrected chi connectivity index (χ3v) is 6.11. The van der Waals surface area contributed by atoms with E-state index in [9.17, 15) is 5.11 Å². The summed E-state index contributed by atoms with van der Waals surface area (Å²) in [6.07, 6.45) is 10.7. The van der Waals surface area contributed by atoms with Gasteiger partial charge in [-0.15, -0.1) is 0 Å². The zero-order chi connectivity index (χ0) is 14.9. The van der Waals surface area contributed by atoms with Crippen LogP contribution in [0.4, 0.5) is 0 Å². The monoisotopic (exact) mass is 326 g/mol. The van der Waals surface area contributed by atoms with Gasteiger partial charge in [-0.05, 0) is 42.9 Å². The van der Waals surface area contributed by atoms with E-state index in [0.29, 0.717) is 21.9 Å². The molecule has 1 N–H and O–H groups in total. The summed E-state index contributed by atoms with van der Waals surface area (Å²) in [7, 11) is 0. The molecule has 2 unspecified atom stereocenters. The van der Waals surface area contributed by atoms with E-state index in [1.54, 1.807) is 6.07 Å². The lowest BCUT2D eigenvalue weighted by Crippen LogP contribution is -2.42. The van der Waals surface area contributed by atoms with Crippen molar-refractivity contribution in [2.24, 2.45) is 11.8 Å². The Bertz CT molecular complexity index is 496. The molecule has 0 aromatic heterocycles. The second-order valence-electron chi connectivity index (χ2n) is 6.80. The Hall–Kier alpha value is -0.240. The molecule has 1 nitrogen and oxygen atoms in total. The molecule has 3 heteroatoms. The van der Waals surface area contributed by atoms with E-state index < -0.39 is 5.60 Å². The van der Waals surface area contributed by atoms with E-state index >= 15 is 0 Å². The molecule has 2 fully saturated rings. The second kappa shape index (κ2) is 6.48. The Labute approximate surface area is 137 Å². The Morgan fingerprint density at radius 2 is 1.67 bits per heavy atom. The molecule has 0 radical (unpaired) electrons.